The summed E-state index contributed by atoms with van der Waals surface area (Å²) in [4.78, 5) is 10.8. The molecule has 2 fully saturated rings. The van der Waals surface area contributed by atoms with Gasteiger partial charge in [0.2, 0.25) is 0 Å². The van der Waals surface area contributed by atoms with Gasteiger partial charge in [-0.3, -0.25) is 4.79 Å². The van der Waals surface area contributed by atoms with E-state index in [4.69, 9.17) is 24.1 Å². The highest BCUT2D eigenvalue weighted by Crippen LogP contribution is 2.39. The number of fused-ring (bicyclic) bond motifs is 1. The molecule has 4 rings (SSSR count). The Kier molecular flexibility index (Phi) is 9.34. The molecule has 1 saturated carbocycles. The molecule has 0 aromatic heterocycles. The van der Waals surface area contributed by atoms with E-state index in [1.807, 2.05) is 42.5 Å². The summed E-state index contributed by atoms with van der Waals surface area (Å²) in [5, 5.41) is 17.5. The van der Waals surface area contributed by atoms with Gasteiger partial charge in [-0.2, -0.15) is 0 Å². The Morgan fingerprint density at radius 1 is 1.00 bits per heavy atom. The lowest BCUT2D eigenvalue weighted by molar-refractivity contribution is -0.122. The summed E-state index contributed by atoms with van der Waals surface area (Å²) in [5.41, 5.74) is 1.21. The van der Waals surface area contributed by atoms with Gasteiger partial charge in [-0.05, 0) is 42.4 Å². The number of hydrogen-bond acceptors (Lipinski definition) is 6. The first kappa shape index (κ1) is 24.0. The molecule has 1 aliphatic carbocycles. The number of aliphatic hydroxyl groups excluding tert-OH is 1. The number of ether oxygens (including phenoxy) is 3. The van der Waals surface area contributed by atoms with E-state index in [-0.39, 0.29) is 12.6 Å². The van der Waals surface area contributed by atoms with Gasteiger partial charge in [0.05, 0.1) is 26.4 Å². The second-order valence-corrected chi connectivity index (χ2v) is 8.27. The molecule has 7 heteroatoms. The quantitative estimate of drug-likeness (QED) is 0.479. The molecule has 0 spiro atoms. The summed E-state index contributed by atoms with van der Waals surface area (Å²) >= 11 is 0. The molecule has 32 heavy (non-hydrogen) atoms. The largest absolute Gasteiger partial charge is 0.493 e. The van der Waals surface area contributed by atoms with Crippen LogP contribution in [-0.2, 0) is 16.1 Å². The van der Waals surface area contributed by atoms with Crippen LogP contribution in [0.4, 0.5) is 0 Å². The zero-order chi connectivity index (χ0) is 22.8. The van der Waals surface area contributed by atoms with Gasteiger partial charge < -0.3 is 29.3 Å². The smallest absolute Gasteiger partial charge is 0.290 e. The number of hydrogen-bond donors (Lipinski definition) is 2. The third-order valence-electron chi connectivity index (χ3n) is 6.17. The van der Waals surface area contributed by atoms with Crippen molar-refractivity contribution < 1.29 is 29.2 Å². The van der Waals surface area contributed by atoms with E-state index in [0.29, 0.717) is 29.9 Å². The number of carbonyl (C=O) groups is 1. The van der Waals surface area contributed by atoms with Crippen molar-refractivity contribution in [3.05, 3.63) is 60.2 Å². The van der Waals surface area contributed by atoms with E-state index in [2.05, 4.69) is 17.0 Å². The van der Waals surface area contributed by atoms with E-state index >= 15 is 0 Å². The lowest BCUT2D eigenvalue weighted by Crippen LogP contribution is -2.42. The molecule has 174 valence electrons. The molecule has 0 unspecified atom stereocenters. The van der Waals surface area contributed by atoms with Crippen molar-refractivity contribution in [1.29, 1.82) is 0 Å². The van der Waals surface area contributed by atoms with Crippen molar-refractivity contribution in [1.82, 2.24) is 4.90 Å². The Labute approximate surface area is 189 Å². The highest BCUT2D eigenvalue weighted by Gasteiger charge is 2.42. The van der Waals surface area contributed by atoms with Crippen LogP contribution >= 0.6 is 0 Å². The van der Waals surface area contributed by atoms with Crippen LogP contribution in [0.25, 0.3) is 0 Å². The first-order valence-electron chi connectivity index (χ1n) is 11.0. The van der Waals surface area contributed by atoms with Crippen LogP contribution in [0.5, 0.6) is 11.5 Å². The minimum atomic E-state index is -0.435. The molecular weight excluding hydrogens is 410 g/mol. The van der Waals surface area contributed by atoms with Crippen molar-refractivity contribution in [2.45, 2.75) is 31.7 Å². The highest BCUT2D eigenvalue weighted by atomic mass is 16.5. The average Bonchev–Trinajstić information content (AvgIpc) is 3.20. The van der Waals surface area contributed by atoms with Gasteiger partial charge in [0.1, 0.15) is 6.10 Å². The minimum Gasteiger partial charge on any atom is -0.493 e. The van der Waals surface area contributed by atoms with Crippen LogP contribution in [0.1, 0.15) is 18.4 Å². The zero-order valence-electron chi connectivity index (χ0n) is 18.5. The highest BCUT2D eigenvalue weighted by molar-refractivity contribution is 5.39. The van der Waals surface area contributed by atoms with Crippen LogP contribution in [0.2, 0.25) is 0 Å². The maximum atomic E-state index is 10.7. The number of nitrogens with zero attached hydrogens (tertiary/aromatic N) is 1. The molecule has 1 heterocycles. The maximum absolute atomic E-state index is 10.7. The summed E-state index contributed by atoms with van der Waals surface area (Å²) in [7, 11) is 1.64. The van der Waals surface area contributed by atoms with Crippen LogP contribution in [0.15, 0.2) is 54.6 Å². The number of rotatable bonds is 8. The molecule has 1 saturated heterocycles. The van der Waals surface area contributed by atoms with Crippen molar-refractivity contribution >= 4 is 6.47 Å². The minimum absolute atomic E-state index is 0.179. The van der Waals surface area contributed by atoms with Gasteiger partial charge in [0.15, 0.2) is 11.5 Å². The van der Waals surface area contributed by atoms with Gasteiger partial charge in [0, 0.05) is 19.6 Å². The Hall–Kier alpha value is -2.61. The zero-order valence-corrected chi connectivity index (χ0v) is 18.5. The number of carboxylic acid groups (broad SMARTS) is 1. The first-order valence-corrected chi connectivity index (χ1v) is 11.0. The molecule has 1 aliphatic heterocycles. The summed E-state index contributed by atoms with van der Waals surface area (Å²) in [6.45, 7) is 4.18. The lowest BCUT2D eigenvalue weighted by atomic mass is 9.78. The summed E-state index contributed by atoms with van der Waals surface area (Å²) in [6, 6.07) is 17.9. The van der Waals surface area contributed by atoms with E-state index in [9.17, 15) is 5.11 Å². The Morgan fingerprint density at radius 3 is 2.31 bits per heavy atom. The van der Waals surface area contributed by atoms with Crippen LogP contribution in [0.3, 0.4) is 0 Å². The normalized spacial score (nSPS) is 24.7. The summed E-state index contributed by atoms with van der Waals surface area (Å²) < 4.78 is 17.4. The lowest BCUT2D eigenvalue weighted by Gasteiger charge is -2.35. The van der Waals surface area contributed by atoms with Gasteiger partial charge in [0.25, 0.3) is 6.47 Å². The standard InChI is InChI=1S/C24H31NO4.CH2O2/c1-27-22-9-5-6-10-23(22)29-24-14-20-16-25(15-19(20)13-21(24)26)11-12-28-17-18-7-3-2-4-8-18;2-1-3/h2-10,19-21,24,26H,11-17H2,1H3;1H,(H,2,3)/t19-,20+,21+,24+;/m0./s1. The third-order valence-corrected chi connectivity index (χ3v) is 6.17. The SMILES string of the molecule is COc1ccccc1O[C@@H]1C[C@@H]2CN(CCOCc3ccccc3)C[C@@H]2C[C@H]1O.O=CO. The maximum Gasteiger partial charge on any atom is 0.290 e. The Morgan fingerprint density at radius 2 is 1.62 bits per heavy atom. The predicted molar refractivity (Wildman–Crippen MR) is 121 cm³/mol. The van der Waals surface area contributed by atoms with E-state index in [1.54, 1.807) is 7.11 Å². The molecule has 2 aromatic rings. The van der Waals surface area contributed by atoms with Gasteiger partial charge in [-0.25, -0.2) is 0 Å². The number of methoxy groups -OCH3 is 1. The summed E-state index contributed by atoms with van der Waals surface area (Å²) in [5.74, 6) is 2.52. The average molecular weight is 444 g/mol. The number of likely N-dealkylation sites (tertiary alicyclic amines) is 1. The number of aliphatic hydroxyl groups is 1. The first-order chi connectivity index (χ1) is 15.6. The fourth-order valence-corrected chi connectivity index (χ4v) is 4.63. The predicted octanol–water partition coefficient (Wildman–Crippen LogP) is 3.06. The van der Waals surface area contributed by atoms with Gasteiger partial charge in [-0.15, -0.1) is 0 Å². The molecule has 0 bridgehead atoms. The second kappa shape index (κ2) is 12.4. The van der Waals surface area contributed by atoms with Gasteiger partial charge >= 0.3 is 0 Å². The van der Waals surface area contributed by atoms with Crippen LogP contribution in [-0.4, -0.2) is 67.1 Å². The molecule has 0 amide bonds. The van der Waals surface area contributed by atoms with E-state index in [0.717, 1.165) is 39.1 Å². The molecule has 4 atom stereocenters. The van der Waals surface area contributed by atoms with Crippen molar-refractivity contribution in [3.63, 3.8) is 0 Å². The number of para-hydroxylation sites is 2. The van der Waals surface area contributed by atoms with Gasteiger partial charge in [-0.1, -0.05) is 42.5 Å². The van der Waals surface area contributed by atoms with Crippen molar-refractivity contribution in [2.75, 3.05) is 33.4 Å². The van der Waals surface area contributed by atoms with Crippen LogP contribution < -0.4 is 9.47 Å². The molecule has 2 aliphatic rings. The topological polar surface area (TPSA) is 88.5 Å². The molecule has 0 radical (unpaired) electrons. The Balaban J connectivity index is 0.000000913. The Bertz CT molecular complexity index is 817. The molecule has 2 aromatic carbocycles. The fourth-order valence-electron chi connectivity index (χ4n) is 4.63. The van der Waals surface area contributed by atoms with Crippen LogP contribution in [0, 0.1) is 11.8 Å². The van der Waals surface area contributed by atoms with Crippen molar-refractivity contribution in [3.8, 4) is 11.5 Å². The van der Waals surface area contributed by atoms with E-state index in [1.165, 1.54) is 5.56 Å². The molecular formula is C25H33NO6. The molecule has 2 N–H and O–H groups in total. The van der Waals surface area contributed by atoms with Crippen molar-refractivity contribution in [2.24, 2.45) is 11.8 Å². The monoisotopic (exact) mass is 443 g/mol. The molecule has 7 nitrogen and oxygen atoms in total. The fraction of sp³-hybridized carbons (Fsp3) is 0.480. The summed E-state index contributed by atoms with van der Waals surface area (Å²) in [6.07, 6.45) is 1.06. The number of benzene rings is 2. The second-order valence-electron chi connectivity index (χ2n) is 8.27. The van der Waals surface area contributed by atoms with E-state index < -0.39 is 6.10 Å². The third kappa shape index (κ3) is 6.69.